The highest BCUT2D eigenvalue weighted by Gasteiger charge is 2.00. The highest BCUT2D eigenvalue weighted by Crippen LogP contribution is 2.04. The van der Waals surface area contributed by atoms with Crippen molar-refractivity contribution >= 4 is 17.9 Å². The smallest absolute Gasteiger partial charge is 0.178 e. The molecule has 0 aliphatic heterocycles. The van der Waals surface area contributed by atoms with Gasteiger partial charge in [0, 0.05) is 37.9 Å². The molecule has 0 N–H and O–H groups in total. The summed E-state index contributed by atoms with van der Waals surface area (Å²) in [6.07, 6.45) is 16.0. The van der Waals surface area contributed by atoms with E-state index in [1.54, 1.807) is 24.5 Å². The van der Waals surface area contributed by atoms with Crippen molar-refractivity contribution in [3.05, 3.63) is 48.6 Å². The van der Waals surface area contributed by atoms with Gasteiger partial charge in [0.05, 0.1) is 0 Å². The number of allylic oxidation sites excluding steroid dienone is 2. The van der Waals surface area contributed by atoms with E-state index in [0.717, 1.165) is 37.6 Å². The summed E-state index contributed by atoms with van der Waals surface area (Å²) in [5.74, 6) is 1.53. The quantitative estimate of drug-likeness (QED) is 0.703. The Hall–Kier alpha value is -2.43. The Balaban J connectivity index is 2.00. The number of carbonyl (C=O) groups excluding carboxylic acids is 1. The fraction of sp³-hybridized carbons (Fsp3) is 0.353. The van der Waals surface area contributed by atoms with Crippen molar-refractivity contribution in [1.82, 2.24) is 19.1 Å². The Morgan fingerprint density at radius 1 is 0.955 bits per heavy atom. The molecule has 0 saturated carbocycles. The lowest BCUT2D eigenvalue weighted by molar-refractivity contribution is -0.110. The van der Waals surface area contributed by atoms with Crippen LogP contribution in [0.2, 0.25) is 0 Å². The maximum atomic E-state index is 11.9. The van der Waals surface area contributed by atoms with E-state index in [4.69, 9.17) is 0 Å². The van der Waals surface area contributed by atoms with Crippen LogP contribution in [0.4, 0.5) is 0 Å². The summed E-state index contributed by atoms with van der Waals surface area (Å²) >= 11 is 0. The third-order valence-corrected chi connectivity index (χ3v) is 3.22. The molecule has 0 amide bonds. The second-order valence-corrected chi connectivity index (χ2v) is 5.03. The maximum Gasteiger partial charge on any atom is 0.178 e. The van der Waals surface area contributed by atoms with Crippen molar-refractivity contribution in [2.75, 3.05) is 0 Å². The SMILES string of the molecule is CCCn1ccnc1/C=C/C(=O)/C=C/c1nccn1CCC. The van der Waals surface area contributed by atoms with Gasteiger partial charge in [0.15, 0.2) is 5.78 Å². The van der Waals surface area contributed by atoms with Crippen LogP contribution >= 0.6 is 0 Å². The van der Waals surface area contributed by atoms with Crippen molar-refractivity contribution in [2.24, 2.45) is 0 Å². The van der Waals surface area contributed by atoms with Crippen LogP contribution in [0.3, 0.4) is 0 Å². The van der Waals surface area contributed by atoms with Crippen molar-refractivity contribution < 1.29 is 4.79 Å². The summed E-state index contributed by atoms with van der Waals surface area (Å²) in [5, 5.41) is 0. The van der Waals surface area contributed by atoms with Gasteiger partial charge >= 0.3 is 0 Å². The van der Waals surface area contributed by atoms with Gasteiger partial charge < -0.3 is 9.13 Å². The minimum Gasteiger partial charge on any atom is -0.332 e. The minimum absolute atomic E-state index is 0.0721. The molecule has 0 aliphatic carbocycles. The molecule has 0 saturated heterocycles. The maximum absolute atomic E-state index is 11.9. The van der Waals surface area contributed by atoms with Crippen LogP contribution in [0.25, 0.3) is 12.2 Å². The van der Waals surface area contributed by atoms with Crippen molar-refractivity contribution in [3.63, 3.8) is 0 Å². The fourth-order valence-corrected chi connectivity index (χ4v) is 2.19. The lowest BCUT2D eigenvalue weighted by Crippen LogP contribution is -1.99. The predicted octanol–water partition coefficient (Wildman–Crippen LogP) is 3.20. The molecule has 0 aromatic carbocycles. The van der Waals surface area contributed by atoms with E-state index in [0.29, 0.717) is 0 Å². The number of hydrogen-bond acceptors (Lipinski definition) is 3. The highest BCUT2D eigenvalue weighted by atomic mass is 16.1. The molecule has 5 heteroatoms. The molecule has 0 bridgehead atoms. The van der Waals surface area contributed by atoms with Crippen LogP contribution in [-0.4, -0.2) is 24.9 Å². The first-order valence-corrected chi connectivity index (χ1v) is 7.67. The van der Waals surface area contributed by atoms with Gasteiger partial charge in [-0.15, -0.1) is 0 Å². The first kappa shape index (κ1) is 15.9. The van der Waals surface area contributed by atoms with Gasteiger partial charge in [0.25, 0.3) is 0 Å². The molecular weight excluding hydrogens is 276 g/mol. The van der Waals surface area contributed by atoms with Gasteiger partial charge in [-0.05, 0) is 37.1 Å². The molecule has 0 spiro atoms. The Morgan fingerprint density at radius 2 is 1.41 bits per heavy atom. The lowest BCUT2D eigenvalue weighted by atomic mass is 10.3. The Labute approximate surface area is 131 Å². The number of aromatic nitrogens is 4. The predicted molar refractivity (Wildman–Crippen MR) is 88.1 cm³/mol. The minimum atomic E-state index is -0.0721. The molecule has 0 radical (unpaired) electrons. The molecule has 5 nitrogen and oxygen atoms in total. The topological polar surface area (TPSA) is 52.7 Å². The standard InChI is InChI=1S/C17H22N4O/c1-3-11-20-13-9-18-16(20)7-5-15(22)6-8-17-19-10-14-21(17)12-4-2/h5-10,13-14H,3-4,11-12H2,1-2H3/b7-5+,8-6+. The summed E-state index contributed by atoms with van der Waals surface area (Å²) in [5.41, 5.74) is 0. The third-order valence-electron chi connectivity index (χ3n) is 3.22. The molecule has 2 aromatic rings. The summed E-state index contributed by atoms with van der Waals surface area (Å²) < 4.78 is 4.06. The zero-order valence-electron chi connectivity index (χ0n) is 13.1. The number of ketones is 1. The van der Waals surface area contributed by atoms with Gasteiger partial charge in [-0.2, -0.15) is 0 Å². The van der Waals surface area contributed by atoms with Crippen LogP contribution in [0.1, 0.15) is 38.3 Å². The van der Waals surface area contributed by atoms with Crippen molar-refractivity contribution in [3.8, 4) is 0 Å². The van der Waals surface area contributed by atoms with Crippen LogP contribution in [0, 0.1) is 0 Å². The molecule has 0 unspecified atom stereocenters. The molecule has 2 heterocycles. The molecule has 22 heavy (non-hydrogen) atoms. The average Bonchev–Trinajstić information content (AvgIpc) is 3.13. The summed E-state index contributed by atoms with van der Waals surface area (Å²) in [6, 6.07) is 0. The number of imidazole rings is 2. The molecular formula is C17H22N4O. The van der Waals surface area contributed by atoms with Gasteiger partial charge in [-0.3, -0.25) is 4.79 Å². The summed E-state index contributed by atoms with van der Waals surface area (Å²) in [7, 11) is 0. The molecule has 2 rings (SSSR count). The van der Waals surface area contributed by atoms with E-state index < -0.39 is 0 Å². The molecule has 0 aliphatic rings. The van der Waals surface area contributed by atoms with E-state index in [-0.39, 0.29) is 5.78 Å². The van der Waals surface area contributed by atoms with E-state index in [1.165, 1.54) is 12.2 Å². The highest BCUT2D eigenvalue weighted by molar-refractivity contribution is 6.04. The Bertz CT molecular complexity index is 608. The zero-order chi connectivity index (χ0) is 15.8. The van der Waals surface area contributed by atoms with Crippen LogP contribution in [0.5, 0.6) is 0 Å². The summed E-state index contributed by atoms with van der Waals surface area (Å²) in [6.45, 7) is 6.02. The average molecular weight is 298 g/mol. The van der Waals surface area contributed by atoms with Crippen LogP contribution in [-0.2, 0) is 17.9 Å². The largest absolute Gasteiger partial charge is 0.332 e. The molecule has 116 valence electrons. The number of carbonyl (C=O) groups is 1. The van der Waals surface area contributed by atoms with E-state index in [2.05, 4.69) is 23.8 Å². The lowest BCUT2D eigenvalue weighted by Gasteiger charge is -2.01. The van der Waals surface area contributed by atoms with Gasteiger partial charge in [-0.25, -0.2) is 9.97 Å². The number of hydrogen-bond donors (Lipinski definition) is 0. The number of aryl methyl sites for hydroxylation is 2. The Morgan fingerprint density at radius 3 is 1.82 bits per heavy atom. The second kappa shape index (κ2) is 8.12. The monoisotopic (exact) mass is 298 g/mol. The van der Waals surface area contributed by atoms with Crippen molar-refractivity contribution in [1.29, 1.82) is 0 Å². The zero-order valence-corrected chi connectivity index (χ0v) is 13.1. The first-order chi connectivity index (χ1) is 10.7. The van der Waals surface area contributed by atoms with Gasteiger partial charge in [-0.1, -0.05) is 13.8 Å². The Kier molecular flexibility index (Phi) is 5.89. The second-order valence-electron chi connectivity index (χ2n) is 5.03. The summed E-state index contributed by atoms with van der Waals surface area (Å²) in [4.78, 5) is 20.4. The molecule has 0 atom stereocenters. The van der Waals surface area contributed by atoms with Gasteiger partial charge in [0.1, 0.15) is 11.6 Å². The fourth-order valence-electron chi connectivity index (χ4n) is 2.19. The van der Waals surface area contributed by atoms with E-state index in [1.807, 2.05) is 21.5 Å². The number of nitrogens with zero attached hydrogens (tertiary/aromatic N) is 4. The number of rotatable bonds is 8. The van der Waals surface area contributed by atoms with Crippen LogP contribution < -0.4 is 0 Å². The van der Waals surface area contributed by atoms with E-state index >= 15 is 0 Å². The third kappa shape index (κ3) is 4.28. The first-order valence-electron chi connectivity index (χ1n) is 7.67. The van der Waals surface area contributed by atoms with Crippen molar-refractivity contribution in [2.45, 2.75) is 39.8 Å². The van der Waals surface area contributed by atoms with Gasteiger partial charge in [0.2, 0.25) is 0 Å². The molecule has 0 fully saturated rings. The van der Waals surface area contributed by atoms with Crippen LogP contribution in [0.15, 0.2) is 36.9 Å². The normalized spacial score (nSPS) is 11.7. The van der Waals surface area contributed by atoms with E-state index in [9.17, 15) is 4.79 Å². The molecule has 2 aromatic heterocycles.